The van der Waals surface area contributed by atoms with Crippen LogP contribution in [-0.2, 0) is 52.1 Å². The molecular formula is C41H74O12. The van der Waals surface area contributed by atoms with E-state index in [1.807, 2.05) is 6.08 Å². The van der Waals surface area contributed by atoms with Crippen molar-refractivity contribution in [1.29, 1.82) is 0 Å². The van der Waals surface area contributed by atoms with E-state index in [9.17, 15) is 5.11 Å². The highest BCUT2D eigenvalue weighted by atomic mass is 16.7. The molecule has 2 fully saturated rings. The van der Waals surface area contributed by atoms with Gasteiger partial charge in [0.2, 0.25) is 0 Å². The molecule has 9 atom stereocenters. The molecule has 12 heteroatoms. The number of aliphatic hydroxyl groups excluding tert-OH is 1. The maximum absolute atomic E-state index is 11.9. The van der Waals surface area contributed by atoms with Crippen LogP contribution >= 0.6 is 0 Å². The van der Waals surface area contributed by atoms with Crippen LogP contribution in [0.25, 0.3) is 0 Å². The molecule has 0 amide bonds. The number of rotatable bonds is 30. The third-order valence-corrected chi connectivity index (χ3v) is 9.53. The van der Waals surface area contributed by atoms with Crippen LogP contribution in [0.4, 0.5) is 0 Å². The van der Waals surface area contributed by atoms with E-state index in [1.165, 1.54) is 0 Å². The largest absolute Gasteiger partial charge is 0.492 e. The summed E-state index contributed by atoms with van der Waals surface area (Å²) in [5, 5.41) is 11.9. The first kappa shape index (κ1) is 45.9. The Morgan fingerprint density at radius 1 is 0.660 bits per heavy atom. The van der Waals surface area contributed by atoms with Crippen molar-refractivity contribution in [3.63, 3.8) is 0 Å². The fourth-order valence-corrected chi connectivity index (χ4v) is 6.15. The highest BCUT2D eigenvalue weighted by Crippen LogP contribution is 2.33. The summed E-state index contributed by atoms with van der Waals surface area (Å²) in [5.41, 5.74) is 0. The highest BCUT2D eigenvalue weighted by molar-refractivity contribution is 5.14. The minimum atomic E-state index is -0.990. The first-order chi connectivity index (χ1) is 26.0. The number of aliphatic hydroxyl groups is 1. The first-order valence-corrected chi connectivity index (χ1v) is 21.0. The molecule has 0 saturated carbocycles. The van der Waals surface area contributed by atoms with Crippen LogP contribution < -0.4 is 0 Å². The van der Waals surface area contributed by atoms with Gasteiger partial charge in [-0.25, -0.2) is 0 Å². The summed E-state index contributed by atoms with van der Waals surface area (Å²) in [6.07, 6.45) is 9.50. The molecule has 0 aromatic carbocycles. The topological polar surface area (TPSA) is 122 Å². The molecule has 310 valence electrons. The molecule has 3 aliphatic rings. The molecule has 1 N–H and O–H groups in total. The fraction of sp³-hybridized carbons (Fsp3) is 0.902. The average Bonchev–Trinajstić information content (AvgIpc) is 3.16. The van der Waals surface area contributed by atoms with E-state index in [1.54, 1.807) is 6.26 Å². The van der Waals surface area contributed by atoms with E-state index < -0.39 is 55.1 Å². The fourth-order valence-electron chi connectivity index (χ4n) is 6.15. The van der Waals surface area contributed by atoms with Gasteiger partial charge in [0, 0.05) is 52.1 Å². The van der Waals surface area contributed by atoms with Crippen LogP contribution in [0.1, 0.15) is 125 Å². The van der Waals surface area contributed by atoms with E-state index >= 15 is 0 Å². The molecule has 3 aliphatic heterocycles. The molecule has 3 heterocycles. The van der Waals surface area contributed by atoms with Gasteiger partial charge in [-0.3, -0.25) is 0 Å². The second-order valence-corrected chi connectivity index (χ2v) is 14.2. The predicted octanol–water partition coefficient (Wildman–Crippen LogP) is 7.35. The SMILES string of the molecule is CCCCOCC1OCCC(OC2OC(COCCCC)C(OCCCC)C(O)C2OCCCC)C1OC1=CC(OCCCC)C(OCCCC)=CO1. The van der Waals surface area contributed by atoms with Crippen molar-refractivity contribution >= 4 is 0 Å². The average molecular weight is 759 g/mol. The van der Waals surface area contributed by atoms with Gasteiger partial charge in [0.05, 0.1) is 19.8 Å². The lowest BCUT2D eigenvalue weighted by molar-refractivity contribution is -0.339. The third-order valence-electron chi connectivity index (χ3n) is 9.53. The zero-order valence-electron chi connectivity index (χ0n) is 33.8. The first-order valence-electron chi connectivity index (χ1n) is 21.0. The molecule has 0 radical (unpaired) electrons. The van der Waals surface area contributed by atoms with Gasteiger partial charge >= 0.3 is 0 Å². The van der Waals surface area contributed by atoms with Crippen molar-refractivity contribution < 1.29 is 57.2 Å². The Hall–Kier alpha value is -1.48. The van der Waals surface area contributed by atoms with Gasteiger partial charge in [-0.1, -0.05) is 80.1 Å². The van der Waals surface area contributed by atoms with Gasteiger partial charge in [-0.05, 0) is 38.5 Å². The summed E-state index contributed by atoms with van der Waals surface area (Å²) in [6.45, 7) is 17.1. The molecule has 3 rings (SSSR count). The van der Waals surface area contributed by atoms with Crippen LogP contribution in [0, 0.1) is 0 Å². The predicted molar refractivity (Wildman–Crippen MR) is 202 cm³/mol. The Labute approximate surface area is 320 Å². The summed E-state index contributed by atoms with van der Waals surface area (Å²) in [4.78, 5) is 0. The minimum Gasteiger partial charge on any atom is -0.492 e. The van der Waals surface area contributed by atoms with E-state index in [0.29, 0.717) is 65.0 Å². The number of hydrogen-bond acceptors (Lipinski definition) is 12. The smallest absolute Gasteiger partial charge is 0.283 e. The third kappa shape index (κ3) is 16.3. The standard InChI is InChI=1S/C41H74O12/c1-7-13-20-43-28-34-38(53-36-27-32(45-22-15-9-3)33(30-50-36)46-23-16-10-4)31(19-26-47-34)51-41-40(49-25-18-12-6)37(42)39(48-24-17-11-5)35(52-41)29-44-21-14-8-2/h27,30-32,34-35,37-42H,7-26,28-29H2,1-6H3. The Balaban J connectivity index is 1.88. The number of ether oxygens (including phenoxy) is 11. The summed E-state index contributed by atoms with van der Waals surface area (Å²) in [6, 6.07) is 0. The van der Waals surface area contributed by atoms with Crippen LogP contribution in [-0.4, -0.2) is 120 Å². The zero-order chi connectivity index (χ0) is 38.1. The Morgan fingerprint density at radius 2 is 1.23 bits per heavy atom. The molecule has 0 spiro atoms. The number of hydrogen-bond donors (Lipinski definition) is 1. The van der Waals surface area contributed by atoms with Crippen molar-refractivity contribution in [1.82, 2.24) is 0 Å². The van der Waals surface area contributed by atoms with E-state index in [-0.39, 0.29) is 12.6 Å². The van der Waals surface area contributed by atoms with Gasteiger partial charge in [0.15, 0.2) is 18.2 Å². The molecular weight excluding hydrogens is 684 g/mol. The lowest BCUT2D eigenvalue weighted by Gasteiger charge is -2.46. The van der Waals surface area contributed by atoms with Crippen molar-refractivity contribution in [2.24, 2.45) is 0 Å². The Morgan fingerprint density at radius 3 is 1.87 bits per heavy atom. The van der Waals surface area contributed by atoms with Crippen molar-refractivity contribution in [2.45, 2.75) is 180 Å². The van der Waals surface area contributed by atoms with E-state index in [2.05, 4.69) is 41.5 Å². The Kier molecular flexibility index (Phi) is 24.3. The maximum Gasteiger partial charge on any atom is 0.283 e. The quantitative estimate of drug-likeness (QED) is 0.0738. The van der Waals surface area contributed by atoms with Gasteiger partial charge in [-0.15, -0.1) is 0 Å². The Bertz CT molecular complexity index is 977. The van der Waals surface area contributed by atoms with Gasteiger partial charge in [0.1, 0.15) is 49.0 Å². The molecule has 0 aromatic heterocycles. The normalized spacial score (nSPS) is 29.0. The van der Waals surface area contributed by atoms with Crippen molar-refractivity contribution in [3.8, 4) is 0 Å². The van der Waals surface area contributed by atoms with Gasteiger partial charge in [-0.2, -0.15) is 0 Å². The number of unbranched alkanes of at least 4 members (excludes halogenated alkanes) is 6. The van der Waals surface area contributed by atoms with Crippen LogP contribution in [0.5, 0.6) is 0 Å². The van der Waals surface area contributed by atoms with E-state index in [0.717, 1.165) is 77.0 Å². The van der Waals surface area contributed by atoms with Crippen LogP contribution in [0.3, 0.4) is 0 Å². The monoisotopic (exact) mass is 759 g/mol. The molecule has 12 nitrogen and oxygen atoms in total. The molecule has 0 bridgehead atoms. The van der Waals surface area contributed by atoms with Crippen molar-refractivity contribution in [2.75, 3.05) is 59.5 Å². The molecule has 9 unspecified atom stereocenters. The second kappa shape index (κ2) is 28.0. The van der Waals surface area contributed by atoms with Gasteiger partial charge in [0.25, 0.3) is 5.95 Å². The van der Waals surface area contributed by atoms with Crippen LogP contribution in [0.2, 0.25) is 0 Å². The second-order valence-electron chi connectivity index (χ2n) is 14.2. The molecule has 53 heavy (non-hydrogen) atoms. The summed E-state index contributed by atoms with van der Waals surface area (Å²) in [7, 11) is 0. The molecule has 0 aliphatic carbocycles. The minimum absolute atomic E-state index is 0.270. The lowest BCUT2D eigenvalue weighted by Crippen LogP contribution is -2.63. The van der Waals surface area contributed by atoms with Gasteiger partial charge < -0.3 is 57.2 Å². The van der Waals surface area contributed by atoms with Crippen molar-refractivity contribution in [3.05, 3.63) is 24.0 Å². The summed E-state index contributed by atoms with van der Waals surface area (Å²) >= 11 is 0. The summed E-state index contributed by atoms with van der Waals surface area (Å²) in [5.74, 6) is 0.901. The summed E-state index contributed by atoms with van der Waals surface area (Å²) < 4.78 is 69.5. The van der Waals surface area contributed by atoms with E-state index in [4.69, 9.17) is 52.1 Å². The lowest BCUT2D eigenvalue weighted by atomic mass is 9.97. The molecule has 2 saturated heterocycles. The molecule has 0 aromatic rings. The maximum atomic E-state index is 11.9. The highest BCUT2D eigenvalue weighted by Gasteiger charge is 2.50. The van der Waals surface area contributed by atoms with Crippen LogP contribution in [0.15, 0.2) is 24.0 Å². The zero-order valence-corrected chi connectivity index (χ0v) is 33.8.